The molecule has 282 valence electrons. The van der Waals surface area contributed by atoms with Crippen molar-refractivity contribution in [2.75, 3.05) is 13.2 Å². The second-order valence-corrected chi connectivity index (χ2v) is 15.7. The molecule has 2 saturated carbocycles. The Kier molecular flexibility index (Phi) is 28.6. The highest BCUT2D eigenvalue weighted by Crippen LogP contribution is 2.24. The second kappa shape index (κ2) is 31.9. The molecule has 5 heteroatoms. The first-order valence-electron chi connectivity index (χ1n) is 21.7. The van der Waals surface area contributed by atoms with Crippen molar-refractivity contribution in [1.29, 1.82) is 0 Å². The maximum Gasteiger partial charge on any atom is 0.308 e. The van der Waals surface area contributed by atoms with Gasteiger partial charge in [-0.05, 0) is 64.2 Å². The van der Waals surface area contributed by atoms with Crippen LogP contribution in [-0.4, -0.2) is 36.4 Å². The third-order valence-electron chi connectivity index (χ3n) is 11.2. The van der Waals surface area contributed by atoms with Crippen LogP contribution < -0.4 is 0 Å². The van der Waals surface area contributed by atoms with E-state index < -0.39 is 0 Å². The summed E-state index contributed by atoms with van der Waals surface area (Å²) in [4.78, 5) is 25.7. The molecule has 0 aromatic heterocycles. The van der Waals surface area contributed by atoms with E-state index in [-0.39, 0.29) is 29.9 Å². The third kappa shape index (κ3) is 24.9. The number of carbonyl (C=O) groups excluding carboxylic acids is 2. The fourth-order valence-corrected chi connectivity index (χ4v) is 7.90. The van der Waals surface area contributed by atoms with Gasteiger partial charge in [0.2, 0.25) is 0 Å². The molecule has 0 aliphatic heterocycles. The van der Waals surface area contributed by atoms with Crippen LogP contribution in [0.3, 0.4) is 0 Å². The van der Waals surface area contributed by atoms with Crippen molar-refractivity contribution >= 4 is 11.9 Å². The molecule has 0 saturated heterocycles. The van der Waals surface area contributed by atoms with Gasteiger partial charge in [-0.1, -0.05) is 167 Å². The number of esters is 2. The van der Waals surface area contributed by atoms with Gasteiger partial charge in [-0.2, -0.15) is 0 Å². The lowest BCUT2D eigenvalue weighted by molar-refractivity contribution is -0.150. The van der Waals surface area contributed by atoms with Crippen LogP contribution in [0, 0.1) is 11.8 Å². The Morgan fingerprint density at radius 2 is 0.646 bits per heavy atom. The molecule has 2 aliphatic carbocycles. The van der Waals surface area contributed by atoms with Gasteiger partial charge in [-0.25, -0.2) is 0 Å². The Morgan fingerprint density at radius 3 is 0.917 bits per heavy atom. The molecule has 2 fully saturated rings. The van der Waals surface area contributed by atoms with Crippen molar-refractivity contribution in [3.05, 3.63) is 0 Å². The number of ether oxygens (including phenoxy) is 2. The zero-order chi connectivity index (χ0) is 34.2. The van der Waals surface area contributed by atoms with Gasteiger partial charge in [-0.15, -0.1) is 0 Å². The SMILES string of the molecule is O=C(OCCCCCC(O)CCCCCOC(=O)C1CCCCCCCCCCCCCC1)C1CCCCCCCCCCCCCC1. The molecule has 0 atom stereocenters. The zero-order valence-corrected chi connectivity index (χ0v) is 31.7. The summed E-state index contributed by atoms with van der Waals surface area (Å²) in [6.07, 6.45) is 42.4. The predicted octanol–water partition coefficient (Wildman–Crippen LogP) is 12.7. The first-order chi connectivity index (χ1) is 23.7. The lowest BCUT2D eigenvalue weighted by Crippen LogP contribution is -2.19. The van der Waals surface area contributed by atoms with Crippen molar-refractivity contribution in [3.8, 4) is 0 Å². The Bertz CT molecular complexity index is 647. The average Bonchev–Trinajstić information content (AvgIpc) is 3.10. The van der Waals surface area contributed by atoms with E-state index in [1.54, 1.807) is 0 Å². The van der Waals surface area contributed by atoms with E-state index in [4.69, 9.17) is 9.47 Å². The summed E-state index contributed by atoms with van der Waals surface area (Å²) < 4.78 is 11.5. The quantitative estimate of drug-likeness (QED) is 0.146. The third-order valence-corrected chi connectivity index (χ3v) is 11.2. The number of rotatable bonds is 14. The van der Waals surface area contributed by atoms with Crippen LogP contribution in [-0.2, 0) is 19.1 Å². The molecular weight excluding hydrogens is 596 g/mol. The first kappa shape index (κ1) is 43.1. The molecule has 0 spiro atoms. The Morgan fingerprint density at radius 1 is 0.396 bits per heavy atom. The lowest BCUT2D eigenvalue weighted by atomic mass is 9.94. The van der Waals surface area contributed by atoms with Crippen molar-refractivity contribution in [1.82, 2.24) is 0 Å². The molecule has 5 nitrogen and oxygen atoms in total. The number of aliphatic hydroxyl groups is 1. The van der Waals surface area contributed by atoms with E-state index in [0.717, 1.165) is 103 Å². The highest BCUT2D eigenvalue weighted by atomic mass is 16.5. The summed E-state index contributed by atoms with van der Waals surface area (Å²) in [5, 5.41) is 10.5. The summed E-state index contributed by atoms with van der Waals surface area (Å²) in [5.74, 6) is 0.244. The van der Waals surface area contributed by atoms with Crippen LogP contribution in [0.2, 0.25) is 0 Å². The van der Waals surface area contributed by atoms with Gasteiger partial charge in [0.1, 0.15) is 0 Å². The predicted molar refractivity (Wildman–Crippen MR) is 201 cm³/mol. The maximum atomic E-state index is 12.9. The lowest BCUT2D eigenvalue weighted by Gasteiger charge is -2.16. The molecule has 0 aromatic carbocycles. The summed E-state index contributed by atoms with van der Waals surface area (Å²) in [6.45, 7) is 1.04. The summed E-state index contributed by atoms with van der Waals surface area (Å²) in [6, 6.07) is 0. The minimum absolute atomic E-state index is 0.0346. The molecule has 0 radical (unpaired) electrons. The van der Waals surface area contributed by atoms with Gasteiger partial charge in [0.25, 0.3) is 0 Å². The molecule has 0 bridgehead atoms. The topological polar surface area (TPSA) is 72.8 Å². The monoisotopic (exact) mass is 677 g/mol. The number of hydrogen-bond donors (Lipinski definition) is 1. The van der Waals surface area contributed by atoms with Gasteiger partial charge in [0.15, 0.2) is 0 Å². The minimum atomic E-state index is -0.266. The van der Waals surface area contributed by atoms with Crippen molar-refractivity contribution in [2.24, 2.45) is 11.8 Å². The van der Waals surface area contributed by atoms with Gasteiger partial charge >= 0.3 is 11.9 Å². The van der Waals surface area contributed by atoms with Gasteiger partial charge in [0, 0.05) is 0 Å². The highest BCUT2D eigenvalue weighted by Gasteiger charge is 2.20. The number of aliphatic hydroxyl groups excluding tert-OH is 1. The molecule has 2 aliphatic rings. The zero-order valence-electron chi connectivity index (χ0n) is 31.7. The van der Waals surface area contributed by atoms with Gasteiger partial charge < -0.3 is 14.6 Å². The number of hydrogen-bond acceptors (Lipinski definition) is 5. The molecule has 1 N–H and O–H groups in total. The van der Waals surface area contributed by atoms with Crippen molar-refractivity contribution in [3.63, 3.8) is 0 Å². The standard InChI is InChI=1S/C43H80O5/c44-41(35-27-21-29-37-47-42(45)39-31-23-17-13-9-5-1-2-6-10-14-18-24-32-39)36-28-22-30-38-48-43(46)40-33-25-19-15-11-7-3-4-8-12-16-20-26-34-40/h39-41,44H,1-38H2. The normalized spacial score (nSPS) is 20.5. The fourth-order valence-electron chi connectivity index (χ4n) is 7.90. The van der Waals surface area contributed by atoms with Crippen molar-refractivity contribution < 1.29 is 24.2 Å². The Hall–Kier alpha value is -1.10. The average molecular weight is 677 g/mol. The largest absolute Gasteiger partial charge is 0.465 e. The molecule has 0 aromatic rings. The molecule has 0 amide bonds. The Labute approximate surface area is 297 Å². The molecule has 0 heterocycles. The summed E-state index contributed by atoms with van der Waals surface area (Å²) in [5.41, 5.74) is 0. The van der Waals surface area contributed by atoms with Crippen LogP contribution in [0.4, 0.5) is 0 Å². The fraction of sp³-hybridized carbons (Fsp3) is 0.953. The number of unbranched alkanes of at least 4 members (excludes halogenated alkanes) is 4. The second-order valence-electron chi connectivity index (χ2n) is 15.7. The van der Waals surface area contributed by atoms with Crippen LogP contribution in [0.15, 0.2) is 0 Å². The van der Waals surface area contributed by atoms with Crippen molar-refractivity contribution in [2.45, 2.75) is 237 Å². The van der Waals surface area contributed by atoms with E-state index >= 15 is 0 Å². The smallest absolute Gasteiger partial charge is 0.308 e. The van der Waals surface area contributed by atoms with E-state index in [1.165, 1.54) is 128 Å². The minimum Gasteiger partial charge on any atom is -0.465 e. The van der Waals surface area contributed by atoms with E-state index in [1.807, 2.05) is 0 Å². The van der Waals surface area contributed by atoms with E-state index in [0.29, 0.717) is 13.2 Å². The Balaban J connectivity index is 1.48. The molecule has 2 rings (SSSR count). The highest BCUT2D eigenvalue weighted by molar-refractivity contribution is 5.72. The summed E-state index contributed by atoms with van der Waals surface area (Å²) >= 11 is 0. The van der Waals surface area contributed by atoms with Crippen LogP contribution in [0.25, 0.3) is 0 Å². The van der Waals surface area contributed by atoms with Gasteiger partial charge in [0.05, 0.1) is 31.2 Å². The van der Waals surface area contributed by atoms with E-state index in [9.17, 15) is 14.7 Å². The molecule has 0 unspecified atom stereocenters. The molecular formula is C43H80O5. The maximum absolute atomic E-state index is 12.9. The molecule has 48 heavy (non-hydrogen) atoms. The van der Waals surface area contributed by atoms with E-state index in [2.05, 4.69) is 0 Å². The first-order valence-corrected chi connectivity index (χ1v) is 21.7. The van der Waals surface area contributed by atoms with Crippen LogP contribution in [0.1, 0.15) is 231 Å². The number of carbonyl (C=O) groups is 2. The van der Waals surface area contributed by atoms with Gasteiger partial charge in [-0.3, -0.25) is 9.59 Å². The summed E-state index contributed by atoms with van der Waals surface area (Å²) in [7, 11) is 0. The van der Waals surface area contributed by atoms with Crippen LogP contribution in [0.5, 0.6) is 0 Å². The van der Waals surface area contributed by atoms with Crippen LogP contribution >= 0.6 is 0 Å².